The predicted octanol–water partition coefficient (Wildman–Crippen LogP) is 1.56. The zero-order chi connectivity index (χ0) is 25.2. The maximum atomic E-state index is 13.6. The standard InChI is InChI=1S/C25H28N4O5S/c1-34-22(30)11-4-17-2-5-18(6-3-17)23-21(28-12-14-35(32,33)15-13-28)16-29(25(23)31)20-9-7-19(8-10-20)24(26)27/h2-3,5-10H,4,11-16H2,1H3,(H3,26,27). The van der Waals surface area contributed by atoms with Crippen molar-refractivity contribution in [3.05, 3.63) is 70.9 Å². The van der Waals surface area contributed by atoms with Crippen molar-refractivity contribution in [3.8, 4) is 0 Å². The fourth-order valence-electron chi connectivity index (χ4n) is 4.31. The zero-order valence-corrected chi connectivity index (χ0v) is 20.3. The van der Waals surface area contributed by atoms with Crippen molar-refractivity contribution in [1.29, 1.82) is 5.41 Å². The molecule has 0 atom stereocenters. The second kappa shape index (κ2) is 9.91. The number of carbonyl (C=O) groups is 2. The summed E-state index contributed by atoms with van der Waals surface area (Å²) < 4.78 is 28.7. The minimum Gasteiger partial charge on any atom is -0.469 e. The SMILES string of the molecule is COC(=O)CCc1ccc(C2=C(N3CCS(=O)(=O)CC3)CN(c3ccc(C(=N)N)cc3)C2=O)cc1. The van der Waals surface area contributed by atoms with Gasteiger partial charge in [0.15, 0.2) is 9.84 Å². The van der Waals surface area contributed by atoms with Gasteiger partial charge < -0.3 is 20.3 Å². The molecule has 4 rings (SSSR count). The highest BCUT2D eigenvalue weighted by Crippen LogP contribution is 2.34. The Morgan fingerprint density at radius 2 is 1.69 bits per heavy atom. The van der Waals surface area contributed by atoms with Gasteiger partial charge in [0.1, 0.15) is 5.84 Å². The van der Waals surface area contributed by atoms with Gasteiger partial charge in [0.25, 0.3) is 5.91 Å². The van der Waals surface area contributed by atoms with Crippen molar-refractivity contribution >= 4 is 38.8 Å². The number of nitrogens with zero attached hydrogens (tertiary/aromatic N) is 2. The first kappa shape index (κ1) is 24.5. The van der Waals surface area contributed by atoms with Crippen LogP contribution in [0.3, 0.4) is 0 Å². The smallest absolute Gasteiger partial charge is 0.305 e. The fourth-order valence-corrected chi connectivity index (χ4v) is 5.51. The first-order valence-electron chi connectivity index (χ1n) is 11.3. The van der Waals surface area contributed by atoms with Gasteiger partial charge in [-0.15, -0.1) is 0 Å². The van der Waals surface area contributed by atoms with Crippen LogP contribution in [0.2, 0.25) is 0 Å². The molecule has 0 spiro atoms. The van der Waals surface area contributed by atoms with Crippen molar-refractivity contribution in [2.45, 2.75) is 12.8 Å². The Kier molecular flexibility index (Phi) is 6.93. The number of sulfone groups is 1. The summed E-state index contributed by atoms with van der Waals surface area (Å²) in [6.45, 7) is 0.989. The van der Waals surface area contributed by atoms with Crippen LogP contribution >= 0.6 is 0 Å². The van der Waals surface area contributed by atoms with Crippen molar-refractivity contribution in [2.75, 3.05) is 43.1 Å². The van der Waals surface area contributed by atoms with E-state index in [9.17, 15) is 18.0 Å². The minimum atomic E-state index is -3.07. The molecule has 2 aromatic carbocycles. The number of hydrogen-bond donors (Lipinski definition) is 2. The molecule has 35 heavy (non-hydrogen) atoms. The zero-order valence-electron chi connectivity index (χ0n) is 19.5. The number of methoxy groups -OCH3 is 1. The van der Waals surface area contributed by atoms with E-state index in [1.54, 1.807) is 29.2 Å². The summed E-state index contributed by atoms with van der Waals surface area (Å²) in [7, 11) is -1.72. The van der Waals surface area contributed by atoms with E-state index in [0.717, 1.165) is 16.8 Å². The molecule has 184 valence electrons. The first-order chi connectivity index (χ1) is 16.7. The summed E-state index contributed by atoms with van der Waals surface area (Å²) in [6.07, 6.45) is 0.806. The molecule has 1 saturated heterocycles. The summed E-state index contributed by atoms with van der Waals surface area (Å²) in [5.41, 5.74) is 9.82. The third-order valence-electron chi connectivity index (χ3n) is 6.36. The van der Waals surface area contributed by atoms with Crippen LogP contribution in [0.1, 0.15) is 23.1 Å². The molecule has 0 aromatic heterocycles. The van der Waals surface area contributed by atoms with Crippen LogP contribution in [-0.4, -0.2) is 69.3 Å². The van der Waals surface area contributed by atoms with Gasteiger partial charge in [-0.05, 0) is 41.8 Å². The number of benzene rings is 2. The molecule has 1 amide bonds. The number of nitrogens with one attached hydrogen (secondary N) is 1. The van der Waals surface area contributed by atoms with Crippen LogP contribution in [0.5, 0.6) is 0 Å². The Morgan fingerprint density at radius 1 is 1.06 bits per heavy atom. The lowest BCUT2D eigenvalue weighted by Gasteiger charge is -2.30. The molecular formula is C25H28N4O5S. The Hall–Kier alpha value is -3.66. The average molecular weight is 497 g/mol. The van der Waals surface area contributed by atoms with Crippen LogP contribution < -0.4 is 10.6 Å². The normalized spacial score (nSPS) is 17.6. The fraction of sp³-hybridized carbons (Fsp3) is 0.320. The topological polar surface area (TPSA) is 134 Å². The third-order valence-corrected chi connectivity index (χ3v) is 7.97. The Balaban J connectivity index is 1.64. The molecule has 9 nitrogen and oxygen atoms in total. The van der Waals surface area contributed by atoms with Crippen molar-refractivity contribution < 1.29 is 22.7 Å². The van der Waals surface area contributed by atoms with Crippen LogP contribution in [0, 0.1) is 5.41 Å². The molecule has 2 heterocycles. The van der Waals surface area contributed by atoms with E-state index in [0.29, 0.717) is 42.9 Å². The number of nitrogen functional groups attached to an aromatic ring is 1. The van der Waals surface area contributed by atoms with Gasteiger partial charge in [-0.1, -0.05) is 24.3 Å². The monoisotopic (exact) mass is 496 g/mol. The maximum absolute atomic E-state index is 13.6. The van der Waals surface area contributed by atoms with Crippen molar-refractivity contribution in [2.24, 2.45) is 5.73 Å². The molecule has 2 aromatic rings. The second-order valence-corrected chi connectivity index (χ2v) is 10.9. The maximum Gasteiger partial charge on any atom is 0.305 e. The molecular weight excluding hydrogens is 468 g/mol. The molecule has 2 aliphatic rings. The number of carbonyl (C=O) groups excluding carboxylic acids is 2. The predicted molar refractivity (Wildman–Crippen MR) is 134 cm³/mol. The van der Waals surface area contributed by atoms with E-state index in [1.807, 2.05) is 29.2 Å². The van der Waals surface area contributed by atoms with E-state index < -0.39 is 9.84 Å². The Bertz CT molecular complexity index is 1270. The average Bonchev–Trinajstić information content (AvgIpc) is 3.19. The Morgan fingerprint density at radius 3 is 2.26 bits per heavy atom. The quantitative estimate of drug-likeness (QED) is 0.338. The highest BCUT2D eigenvalue weighted by molar-refractivity contribution is 7.91. The van der Waals surface area contributed by atoms with Gasteiger partial charge >= 0.3 is 5.97 Å². The summed E-state index contributed by atoms with van der Waals surface area (Å²) in [5.74, 6) is -0.399. The van der Waals surface area contributed by atoms with Gasteiger partial charge in [-0.3, -0.25) is 15.0 Å². The van der Waals surface area contributed by atoms with Crippen molar-refractivity contribution in [3.63, 3.8) is 0 Å². The molecule has 0 aliphatic carbocycles. The molecule has 3 N–H and O–H groups in total. The molecule has 2 aliphatic heterocycles. The number of esters is 1. The van der Waals surface area contributed by atoms with E-state index in [4.69, 9.17) is 15.9 Å². The number of nitrogens with two attached hydrogens (primary N) is 1. The molecule has 0 radical (unpaired) electrons. The second-order valence-electron chi connectivity index (χ2n) is 8.59. The molecule has 10 heteroatoms. The summed E-state index contributed by atoms with van der Waals surface area (Å²) in [5, 5.41) is 7.59. The van der Waals surface area contributed by atoms with Gasteiger partial charge in [0.05, 0.1) is 30.7 Å². The van der Waals surface area contributed by atoms with Crippen LogP contribution in [0.15, 0.2) is 54.2 Å². The largest absolute Gasteiger partial charge is 0.469 e. The van der Waals surface area contributed by atoms with Crippen LogP contribution in [0.4, 0.5) is 5.69 Å². The van der Waals surface area contributed by atoms with Gasteiger partial charge in [-0.25, -0.2) is 8.42 Å². The number of ether oxygens (including phenoxy) is 1. The lowest BCUT2D eigenvalue weighted by Crippen LogP contribution is -2.41. The van der Waals surface area contributed by atoms with E-state index >= 15 is 0 Å². The van der Waals surface area contributed by atoms with E-state index in [2.05, 4.69) is 0 Å². The van der Waals surface area contributed by atoms with Crippen LogP contribution in [0.25, 0.3) is 5.57 Å². The van der Waals surface area contributed by atoms with Gasteiger partial charge in [-0.2, -0.15) is 0 Å². The Labute approximate surface area is 204 Å². The lowest BCUT2D eigenvalue weighted by atomic mass is 10.0. The number of amides is 1. The number of rotatable bonds is 7. The number of aryl methyl sites for hydroxylation is 1. The highest BCUT2D eigenvalue weighted by atomic mass is 32.2. The molecule has 0 unspecified atom stereocenters. The van der Waals surface area contributed by atoms with Gasteiger partial charge in [0.2, 0.25) is 0 Å². The first-order valence-corrected chi connectivity index (χ1v) is 13.1. The van der Waals surface area contributed by atoms with Crippen molar-refractivity contribution in [1.82, 2.24) is 4.90 Å². The lowest BCUT2D eigenvalue weighted by molar-refractivity contribution is -0.140. The molecule has 0 bridgehead atoms. The van der Waals surface area contributed by atoms with E-state index in [-0.39, 0.29) is 35.6 Å². The molecule has 0 saturated carbocycles. The summed E-state index contributed by atoms with van der Waals surface area (Å²) in [6, 6.07) is 14.4. The third kappa shape index (κ3) is 5.37. The minimum absolute atomic E-state index is 0.0504. The van der Waals surface area contributed by atoms with E-state index in [1.165, 1.54) is 7.11 Å². The van der Waals surface area contributed by atoms with Gasteiger partial charge in [0, 0.05) is 36.5 Å². The highest BCUT2D eigenvalue weighted by Gasteiger charge is 2.36. The number of amidine groups is 1. The summed E-state index contributed by atoms with van der Waals surface area (Å²) in [4.78, 5) is 28.7. The number of hydrogen-bond acceptors (Lipinski definition) is 7. The summed E-state index contributed by atoms with van der Waals surface area (Å²) >= 11 is 0. The van der Waals surface area contributed by atoms with Crippen LogP contribution in [-0.2, 0) is 30.6 Å². The molecule has 1 fully saturated rings. The number of anilines is 1.